The van der Waals surface area contributed by atoms with Gasteiger partial charge in [-0.15, -0.1) is 0 Å². The summed E-state index contributed by atoms with van der Waals surface area (Å²) < 4.78 is 0. The van der Waals surface area contributed by atoms with Crippen LogP contribution in [0.1, 0.15) is 6.92 Å². The first-order valence-electron chi connectivity index (χ1n) is 4.73. The predicted molar refractivity (Wildman–Crippen MR) is 63.1 cm³/mol. The van der Waals surface area contributed by atoms with Crippen molar-refractivity contribution in [2.45, 2.75) is 13.0 Å². The van der Waals surface area contributed by atoms with Crippen molar-refractivity contribution in [2.24, 2.45) is 0 Å². The third kappa shape index (κ3) is 3.04. The lowest BCUT2D eigenvalue weighted by Gasteiger charge is -2.14. The lowest BCUT2D eigenvalue weighted by molar-refractivity contribution is -0.384. The molecule has 0 aliphatic rings. The summed E-state index contributed by atoms with van der Waals surface area (Å²) in [6, 6.07) is -0.640. The first kappa shape index (κ1) is 13.2. The van der Waals surface area contributed by atoms with E-state index in [0.717, 1.165) is 6.20 Å². The highest BCUT2D eigenvalue weighted by molar-refractivity contribution is 6.33. The number of nitrogens with one attached hydrogen (secondary N) is 2. The molecule has 1 rings (SSSR count). The van der Waals surface area contributed by atoms with E-state index in [1.807, 2.05) is 0 Å². The van der Waals surface area contributed by atoms with Crippen molar-refractivity contribution in [3.63, 3.8) is 0 Å². The fourth-order valence-corrected chi connectivity index (χ4v) is 1.41. The Morgan fingerprint density at radius 3 is 2.76 bits per heavy atom. The minimum atomic E-state index is -0.640. The fourth-order valence-electron chi connectivity index (χ4n) is 1.20. The molecule has 0 aliphatic carbocycles. The van der Waals surface area contributed by atoms with Gasteiger partial charge in [-0.25, -0.2) is 0 Å². The molecule has 1 aromatic heterocycles. The minimum Gasteiger partial charge on any atom is -0.367 e. The normalized spacial score (nSPS) is 11.7. The molecule has 1 amide bonds. The van der Waals surface area contributed by atoms with Crippen LogP contribution in [0.4, 0.5) is 11.4 Å². The van der Waals surface area contributed by atoms with Gasteiger partial charge in [0.1, 0.15) is 17.9 Å². The van der Waals surface area contributed by atoms with Gasteiger partial charge >= 0.3 is 5.69 Å². The number of halogens is 1. The van der Waals surface area contributed by atoms with Gasteiger partial charge < -0.3 is 10.6 Å². The number of anilines is 1. The molecule has 1 aromatic rings. The number of likely N-dealkylation sites (N-methyl/N-ethyl adjacent to an activating group) is 1. The average Bonchev–Trinajstić information content (AvgIpc) is 2.30. The Hall–Kier alpha value is -1.89. The Morgan fingerprint density at radius 2 is 2.24 bits per heavy atom. The maximum Gasteiger partial charge on any atom is 0.311 e. The van der Waals surface area contributed by atoms with Crippen molar-refractivity contribution in [2.75, 3.05) is 12.4 Å². The van der Waals surface area contributed by atoms with Crippen molar-refractivity contribution < 1.29 is 9.72 Å². The van der Waals surface area contributed by atoms with Gasteiger partial charge in [0.05, 0.1) is 9.95 Å². The van der Waals surface area contributed by atoms with E-state index in [2.05, 4.69) is 15.6 Å². The third-order valence-corrected chi connectivity index (χ3v) is 2.36. The molecule has 8 heteroatoms. The molecule has 92 valence electrons. The Bertz CT molecular complexity index is 452. The second-order valence-electron chi connectivity index (χ2n) is 3.25. The molecule has 0 aliphatic heterocycles. The molecule has 1 atom stereocenters. The second-order valence-corrected chi connectivity index (χ2v) is 3.66. The lowest BCUT2D eigenvalue weighted by Crippen LogP contribution is -2.35. The summed E-state index contributed by atoms with van der Waals surface area (Å²) in [4.78, 5) is 25.1. The van der Waals surface area contributed by atoms with Crippen molar-refractivity contribution in [3.8, 4) is 0 Å². The van der Waals surface area contributed by atoms with Gasteiger partial charge in [0, 0.05) is 13.2 Å². The molecule has 0 aromatic carbocycles. The van der Waals surface area contributed by atoms with E-state index < -0.39 is 11.0 Å². The fraction of sp³-hybridized carbons (Fsp3) is 0.333. The third-order valence-electron chi connectivity index (χ3n) is 2.08. The van der Waals surface area contributed by atoms with E-state index in [1.54, 1.807) is 6.92 Å². The van der Waals surface area contributed by atoms with Gasteiger partial charge in [-0.3, -0.25) is 19.9 Å². The highest BCUT2D eigenvalue weighted by Crippen LogP contribution is 2.31. The van der Waals surface area contributed by atoms with Crippen LogP contribution in [0.15, 0.2) is 12.4 Å². The van der Waals surface area contributed by atoms with E-state index in [1.165, 1.54) is 13.2 Å². The number of nitrogens with zero attached hydrogens (tertiary/aromatic N) is 2. The van der Waals surface area contributed by atoms with Gasteiger partial charge in [-0.2, -0.15) is 0 Å². The summed E-state index contributed by atoms with van der Waals surface area (Å²) in [5.74, 6) is -0.299. The molecule has 1 unspecified atom stereocenters. The van der Waals surface area contributed by atoms with Crippen LogP contribution in [0.3, 0.4) is 0 Å². The first-order chi connectivity index (χ1) is 7.97. The summed E-state index contributed by atoms with van der Waals surface area (Å²) in [5, 5.41) is 16.0. The van der Waals surface area contributed by atoms with Crippen LogP contribution in [0.5, 0.6) is 0 Å². The van der Waals surface area contributed by atoms with Gasteiger partial charge in [0.2, 0.25) is 5.91 Å². The summed E-state index contributed by atoms with van der Waals surface area (Å²) in [5.41, 5.74) is -0.184. The zero-order valence-electron chi connectivity index (χ0n) is 9.23. The van der Waals surface area contributed by atoms with E-state index in [-0.39, 0.29) is 22.3 Å². The Kier molecular flexibility index (Phi) is 4.22. The topological polar surface area (TPSA) is 97.2 Å². The lowest BCUT2D eigenvalue weighted by atomic mass is 10.2. The number of hydrogen-bond acceptors (Lipinski definition) is 5. The molecule has 2 N–H and O–H groups in total. The van der Waals surface area contributed by atoms with Gasteiger partial charge in [0.25, 0.3) is 0 Å². The zero-order chi connectivity index (χ0) is 13.0. The molecule has 0 saturated carbocycles. The Morgan fingerprint density at radius 1 is 1.59 bits per heavy atom. The maximum atomic E-state index is 11.3. The molecule has 0 spiro atoms. The summed E-state index contributed by atoms with van der Waals surface area (Å²) >= 11 is 5.80. The number of carbonyl (C=O) groups excluding carboxylic acids is 1. The molecule has 0 bridgehead atoms. The van der Waals surface area contributed by atoms with Gasteiger partial charge in [-0.05, 0) is 6.92 Å². The van der Waals surface area contributed by atoms with Crippen LogP contribution in [0.25, 0.3) is 0 Å². The molecular formula is C9H11ClN4O3. The van der Waals surface area contributed by atoms with E-state index in [9.17, 15) is 14.9 Å². The standard InChI is InChI=1S/C9H11ClN4O3/c1-5(9(15)11-2)13-8-6(10)3-12-4-7(8)14(16)17/h3-5H,1-2H3,(H,11,15)(H,12,13). The van der Waals surface area contributed by atoms with Crippen LogP contribution in [0.2, 0.25) is 5.02 Å². The summed E-state index contributed by atoms with van der Waals surface area (Å²) in [6.07, 6.45) is 2.35. The number of carbonyl (C=O) groups is 1. The maximum absolute atomic E-state index is 11.3. The molecule has 0 fully saturated rings. The van der Waals surface area contributed by atoms with Crippen molar-refractivity contribution in [1.82, 2.24) is 10.3 Å². The van der Waals surface area contributed by atoms with Crippen LogP contribution < -0.4 is 10.6 Å². The highest BCUT2D eigenvalue weighted by atomic mass is 35.5. The van der Waals surface area contributed by atoms with E-state index >= 15 is 0 Å². The van der Waals surface area contributed by atoms with E-state index in [4.69, 9.17) is 11.6 Å². The number of aromatic nitrogens is 1. The number of rotatable bonds is 4. The van der Waals surface area contributed by atoms with Gasteiger partial charge in [-0.1, -0.05) is 11.6 Å². The predicted octanol–water partition coefficient (Wildman–Crippen LogP) is 1.19. The minimum absolute atomic E-state index is 0.0859. The second kappa shape index (κ2) is 5.44. The van der Waals surface area contributed by atoms with E-state index in [0.29, 0.717) is 0 Å². The van der Waals surface area contributed by atoms with Crippen LogP contribution in [-0.2, 0) is 4.79 Å². The molecule has 0 radical (unpaired) electrons. The molecule has 7 nitrogen and oxygen atoms in total. The quantitative estimate of drug-likeness (QED) is 0.624. The van der Waals surface area contributed by atoms with Crippen molar-refractivity contribution >= 4 is 28.9 Å². The SMILES string of the molecule is CNC(=O)C(C)Nc1c(Cl)cncc1[N+](=O)[O-]. The monoisotopic (exact) mass is 258 g/mol. The van der Waals surface area contributed by atoms with Crippen molar-refractivity contribution in [3.05, 3.63) is 27.5 Å². The van der Waals surface area contributed by atoms with Gasteiger partial charge in [0.15, 0.2) is 0 Å². The first-order valence-corrected chi connectivity index (χ1v) is 5.11. The summed E-state index contributed by atoms with van der Waals surface area (Å²) in [7, 11) is 1.48. The number of amides is 1. The zero-order valence-corrected chi connectivity index (χ0v) is 9.99. The molecule has 1 heterocycles. The van der Waals surface area contributed by atoms with Crippen molar-refractivity contribution in [1.29, 1.82) is 0 Å². The van der Waals surface area contributed by atoms with Crippen LogP contribution in [0, 0.1) is 10.1 Å². The van der Waals surface area contributed by atoms with Crippen LogP contribution in [-0.4, -0.2) is 28.9 Å². The summed E-state index contributed by atoms with van der Waals surface area (Å²) in [6.45, 7) is 1.57. The number of pyridine rings is 1. The number of nitro groups is 1. The number of hydrogen-bond donors (Lipinski definition) is 2. The molecule has 17 heavy (non-hydrogen) atoms. The Labute approximate surface area is 102 Å². The smallest absolute Gasteiger partial charge is 0.311 e. The highest BCUT2D eigenvalue weighted by Gasteiger charge is 2.21. The Balaban J connectivity index is 3.05. The molecular weight excluding hydrogens is 248 g/mol. The average molecular weight is 259 g/mol. The largest absolute Gasteiger partial charge is 0.367 e. The van der Waals surface area contributed by atoms with Crippen LogP contribution >= 0.6 is 11.6 Å². The molecule has 0 saturated heterocycles.